The predicted molar refractivity (Wildman–Crippen MR) is 155 cm³/mol. The average molecular weight is 533 g/mol. The molecular formula is C30H60O7. The fourth-order valence-corrected chi connectivity index (χ4v) is 1.28. The molecule has 7 heteroatoms. The topological polar surface area (TPSA) is 123 Å². The second-order valence-corrected chi connectivity index (χ2v) is 8.98. The van der Waals surface area contributed by atoms with Crippen LogP contribution in [0.15, 0.2) is 0 Å². The number of hydrogen-bond acceptors (Lipinski definition) is 7. The molecule has 0 aromatic heterocycles. The molecule has 0 bridgehead atoms. The number of rotatable bonds is 10. The van der Waals surface area contributed by atoms with Gasteiger partial charge in [0.1, 0.15) is 34.7 Å². The van der Waals surface area contributed by atoms with E-state index in [1.165, 1.54) is 0 Å². The molecule has 0 heterocycles. The van der Waals surface area contributed by atoms with Crippen molar-refractivity contribution >= 4 is 34.7 Å². The zero-order chi connectivity index (χ0) is 31.1. The predicted octanol–water partition coefficient (Wildman–Crippen LogP) is 6.94. The van der Waals surface area contributed by atoms with E-state index in [0.29, 0.717) is 32.1 Å². The number of Topliss-reactive ketones (excluding diaryl/α,β-unsaturated/α-hetero) is 6. The van der Waals surface area contributed by atoms with Crippen molar-refractivity contribution in [3.63, 3.8) is 0 Å². The first kappa shape index (κ1) is 48.1. The highest BCUT2D eigenvalue weighted by atomic mass is 16.3. The summed E-state index contributed by atoms with van der Waals surface area (Å²) >= 11 is 0. The molecule has 0 aliphatic rings. The molecule has 37 heavy (non-hydrogen) atoms. The summed E-state index contributed by atoms with van der Waals surface area (Å²) in [5.74, 6) is 1.80. The number of aliphatic hydroxyl groups excluding tert-OH is 1. The van der Waals surface area contributed by atoms with E-state index >= 15 is 0 Å². The van der Waals surface area contributed by atoms with Gasteiger partial charge in [-0.25, -0.2) is 0 Å². The number of ketones is 6. The largest absolute Gasteiger partial charge is 0.393 e. The van der Waals surface area contributed by atoms with E-state index in [0.717, 1.165) is 12.8 Å². The minimum Gasteiger partial charge on any atom is -0.393 e. The van der Waals surface area contributed by atoms with Gasteiger partial charge in [-0.05, 0) is 60.3 Å². The molecular weight excluding hydrogens is 472 g/mol. The molecule has 0 radical (unpaired) electrons. The van der Waals surface area contributed by atoms with Gasteiger partial charge < -0.3 is 29.1 Å². The van der Waals surface area contributed by atoms with Crippen molar-refractivity contribution in [2.24, 2.45) is 11.8 Å². The Morgan fingerprint density at radius 2 is 0.703 bits per heavy atom. The minimum atomic E-state index is -0.258. The fraction of sp³-hybridized carbons (Fsp3) is 0.800. The zero-order valence-electron chi connectivity index (χ0n) is 26.6. The summed E-state index contributed by atoms with van der Waals surface area (Å²) < 4.78 is 0. The van der Waals surface area contributed by atoms with E-state index in [1.54, 1.807) is 41.5 Å². The van der Waals surface area contributed by atoms with E-state index in [9.17, 15) is 33.9 Å². The van der Waals surface area contributed by atoms with Crippen LogP contribution in [0.3, 0.4) is 0 Å². The van der Waals surface area contributed by atoms with Gasteiger partial charge in [0.05, 0.1) is 6.10 Å². The highest BCUT2D eigenvalue weighted by Crippen LogP contribution is 2.17. The van der Waals surface area contributed by atoms with Crippen molar-refractivity contribution in [2.45, 2.75) is 148 Å². The maximum atomic E-state index is 10.9. The molecule has 0 saturated heterocycles. The van der Waals surface area contributed by atoms with Gasteiger partial charge in [0.25, 0.3) is 0 Å². The molecule has 0 aliphatic heterocycles. The molecule has 3 atom stereocenters. The Balaban J connectivity index is -0.0000000825. The number of hydrogen-bond donors (Lipinski definition) is 1. The van der Waals surface area contributed by atoms with Crippen LogP contribution < -0.4 is 0 Å². The summed E-state index contributed by atoms with van der Waals surface area (Å²) in [6.07, 6.45) is 4.64. The molecule has 7 nitrogen and oxygen atoms in total. The normalized spacial score (nSPS) is 11.1. The Labute approximate surface area is 228 Å². The summed E-state index contributed by atoms with van der Waals surface area (Å²) in [6.45, 7) is 24.6. The molecule has 3 unspecified atom stereocenters. The smallest absolute Gasteiger partial charge is 0.132 e. The molecule has 0 aliphatic carbocycles. The summed E-state index contributed by atoms with van der Waals surface area (Å²) in [5.41, 5.74) is 0. The third-order valence-electron chi connectivity index (χ3n) is 4.98. The summed E-state index contributed by atoms with van der Waals surface area (Å²) in [7, 11) is 0. The average Bonchev–Trinajstić information content (AvgIpc) is 2.84. The third kappa shape index (κ3) is 71.9. The van der Waals surface area contributed by atoms with Gasteiger partial charge in [0.15, 0.2) is 0 Å². The van der Waals surface area contributed by atoms with Gasteiger partial charge in [-0.15, -0.1) is 0 Å². The highest BCUT2D eigenvalue weighted by molar-refractivity contribution is 5.78. The van der Waals surface area contributed by atoms with E-state index < -0.39 is 0 Å². The van der Waals surface area contributed by atoms with Crippen molar-refractivity contribution in [1.82, 2.24) is 0 Å². The van der Waals surface area contributed by atoms with E-state index in [2.05, 4.69) is 0 Å². The molecule has 0 saturated carbocycles. The first-order chi connectivity index (χ1) is 16.8. The first-order valence-corrected chi connectivity index (χ1v) is 13.5. The van der Waals surface area contributed by atoms with Crippen LogP contribution in [0.2, 0.25) is 0 Å². The molecule has 0 spiro atoms. The lowest BCUT2D eigenvalue weighted by atomic mass is 9.90. The monoisotopic (exact) mass is 532 g/mol. The standard InChI is InChI=1S/C10H20O2.5C4H8O/c1-5-10(12)8(3)6-7(2)9(4)11;5*1-3-4(2)5/h7-8,10,12H,5-6H2,1-4H3;5*3H2,1-2H3. The Kier molecular flexibility index (Phi) is 47.0. The van der Waals surface area contributed by atoms with Crippen LogP contribution in [-0.4, -0.2) is 45.9 Å². The fourth-order valence-electron chi connectivity index (χ4n) is 1.28. The van der Waals surface area contributed by atoms with Crippen LogP contribution in [0.1, 0.15) is 142 Å². The quantitative estimate of drug-likeness (QED) is 0.323. The van der Waals surface area contributed by atoms with Gasteiger partial charge in [-0.1, -0.05) is 55.4 Å². The van der Waals surface area contributed by atoms with Crippen molar-refractivity contribution in [2.75, 3.05) is 0 Å². The van der Waals surface area contributed by atoms with Crippen molar-refractivity contribution in [3.05, 3.63) is 0 Å². The van der Waals surface area contributed by atoms with Gasteiger partial charge in [0.2, 0.25) is 0 Å². The molecule has 0 amide bonds. The van der Waals surface area contributed by atoms with Gasteiger partial charge in [-0.2, -0.15) is 0 Å². The molecule has 0 aromatic rings. The SMILES string of the molecule is CCC(C)=O.CCC(C)=O.CCC(C)=O.CCC(C)=O.CCC(C)=O.CCC(O)C(C)CC(C)C(C)=O. The minimum absolute atomic E-state index is 0.0844. The summed E-state index contributed by atoms with van der Waals surface area (Å²) in [6, 6.07) is 0. The van der Waals surface area contributed by atoms with E-state index in [4.69, 9.17) is 0 Å². The number of aliphatic hydroxyl groups is 1. The second-order valence-electron chi connectivity index (χ2n) is 8.98. The van der Waals surface area contributed by atoms with Crippen LogP contribution in [0.5, 0.6) is 0 Å². The lowest BCUT2D eigenvalue weighted by Crippen LogP contribution is -2.21. The molecule has 222 valence electrons. The van der Waals surface area contributed by atoms with Crippen LogP contribution >= 0.6 is 0 Å². The van der Waals surface area contributed by atoms with Crippen molar-refractivity contribution in [1.29, 1.82) is 0 Å². The Morgan fingerprint density at radius 3 is 0.811 bits per heavy atom. The van der Waals surface area contributed by atoms with Crippen LogP contribution in [0.25, 0.3) is 0 Å². The molecule has 0 rings (SSSR count). The van der Waals surface area contributed by atoms with Crippen molar-refractivity contribution in [3.8, 4) is 0 Å². The van der Waals surface area contributed by atoms with Gasteiger partial charge in [-0.3, -0.25) is 4.79 Å². The lowest BCUT2D eigenvalue weighted by Gasteiger charge is -2.19. The zero-order valence-corrected chi connectivity index (χ0v) is 26.6. The first-order valence-electron chi connectivity index (χ1n) is 13.5. The van der Waals surface area contributed by atoms with Crippen LogP contribution in [0, 0.1) is 11.8 Å². The summed E-state index contributed by atoms with van der Waals surface area (Å²) in [5, 5.41) is 9.45. The van der Waals surface area contributed by atoms with Gasteiger partial charge >= 0.3 is 0 Å². The molecule has 0 fully saturated rings. The molecule has 1 N–H and O–H groups in total. The Hall–Kier alpha value is -2.02. The number of carbonyl (C=O) groups is 6. The highest BCUT2D eigenvalue weighted by Gasteiger charge is 2.17. The van der Waals surface area contributed by atoms with Crippen LogP contribution in [-0.2, 0) is 28.8 Å². The van der Waals surface area contributed by atoms with E-state index in [1.807, 2.05) is 55.4 Å². The third-order valence-corrected chi connectivity index (χ3v) is 4.98. The summed E-state index contributed by atoms with van der Waals surface area (Å²) in [4.78, 5) is 60.0. The molecule has 0 aromatic carbocycles. The van der Waals surface area contributed by atoms with Crippen LogP contribution in [0.4, 0.5) is 0 Å². The maximum absolute atomic E-state index is 10.9. The Bertz CT molecular complexity index is 513. The van der Waals surface area contributed by atoms with Gasteiger partial charge in [0, 0.05) is 38.0 Å². The van der Waals surface area contributed by atoms with E-state index in [-0.39, 0.29) is 52.6 Å². The Morgan fingerprint density at radius 1 is 0.514 bits per heavy atom. The van der Waals surface area contributed by atoms with Crippen molar-refractivity contribution < 1.29 is 33.9 Å². The lowest BCUT2D eigenvalue weighted by molar-refractivity contribution is -0.121. The second kappa shape index (κ2) is 36.1. The maximum Gasteiger partial charge on any atom is 0.132 e. The number of carbonyl (C=O) groups excluding carboxylic acids is 6.